The molecule has 0 aliphatic heterocycles. The Morgan fingerprint density at radius 1 is 0.562 bits per heavy atom. The predicted octanol–water partition coefficient (Wildman–Crippen LogP) is -9.67. The number of rotatable bonds is 14. The Kier molecular flexibility index (Phi) is 24.8. The predicted molar refractivity (Wildman–Crippen MR) is 258 cm³/mol. The molecule has 0 saturated carbocycles. The fourth-order valence-electron chi connectivity index (χ4n) is 6.79. The van der Waals surface area contributed by atoms with E-state index in [1.54, 1.807) is 12.1 Å². The van der Waals surface area contributed by atoms with Gasteiger partial charge < -0.3 is 27.9 Å². The van der Waals surface area contributed by atoms with Crippen LogP contribution in [-0.4, -0.2) is 97.9 Å². The molecule has 0 fully saturated rings. The van der Waals surface area contributed by atoms with Crippen molar-refractivity contribution in [3.05, 3.63) is 136 Å². The zero-order valence-electron chi connectivity index (χ0n) is 41.9. The topological polar surface area (TPSA) is 451 Å². The summed E-state index contributed by atoms with van der Waals surface area (Å²) in [6, 6.07) is 16.2. The van der Waals surface area contributed by atoms with E-state index >= 15 is 0 Å². The van der Waals surface area contributed by atoms with Gasteiger partial charge >= 0.3 is 148 Å². The molecule has 0 radical (unpaired) electrons. The Balaban J connectivity index is 0.00000336. The molecule has 386 valence electrons. The van der Waals surface area contributed by atoms with Crippen LogP contribution in [0.3, 0.4) is 0 Å². The van der Waals surface area contributed by atoms with Crippen LogP contribution in [-0.2, 0) is 55.4 Å². The third-order valence-corrected chi connectivity index (χ3v) is 15.5. The van der Waals surface area contributed by atoms with Crippen LogP contribution >= 0.6 is 11.3 Å². The van der Waals surface area contributed by atoms with E-state index in [2.05, 4.69) is 46.5 Å². The van der Waals surface area contributed by atoms with E-state index < -0.39 is 138 Å². The number of aliphatic hydroxyl groups excluding tert-OH is 1. The van der Waals surface area contributed by atoms with Crippen LogP contribution in [0.4, 0.5) is 28.4 Å². The molecule has 0 unspecified atom stereocenters. The van der Waals surface area contributed by atoms with Gasteiger partial charge in [0, 0.05) is 17.7 Å². The maximum Gasteiger partial charge on any atom is 1.00 e. The van der Waals surface area contributed by atoms with Crippen LogP contribution in [0.15, 0.2) is 170 Å². The minimum Gasteiger partial charge on any atom is -0.744 e. The molecule has 0 saturated heterocycles. The number of hydrogen-bond acceptors (Lipinski definition) is 28. The molecular formula is C42H24N9Na5O18S6. The molecule has 0 bridgehead atoms. The number of hydrogen-bond donors (Lipinski definition) is 3. The first-order valence-corrected chi connectivity index (χ1v) is 28.0. The van der Waals surface area contributed by atoms with E-state index in [1.165, 1.54) is 12.1 Å². The van der Waals surface area contributed by atoms with Crippen LogP contribution in [0, 0.1) is 6.92 Å². The number of ketones is 2. The van der Waals surface area contributed by atoms with Gasteiger partial charge in [0.2, 0.25) is 11.6 Å². The fourth-order valence-corrected chi connectivity index (χ4v) is 10.9. The second kappa shape index (κ2) is 27.8. The Morgan fingerprint density at radius 3 is 1.75 bits per heavy atom. The summed E-state index contributed by atoms with van der Waals surface area (Å²) in [6.45, 7) is 1.85. The van der Waals surface area contributed by atoms with E-state index in [-0.39, 0.29) is 170 Å². The van der Waals surface area contributed by atoms with Gasteiger partial charge in [0.05, 0.1) is 63.0 Å². The average molecular weight is 1250 g/mol. The van der Waals surface area contributed by atoms with Gasteiger partial charge in [0.25, 0.3) is 0 Å². The zero-order valence-corrected chi connectivity index (χ0v) is 56.8. The Labute approximate surface area is 568 Å². The van der Waals surface area contributed by atoms with Crippen molar-refractivity contribution < 1.29 is 227 Å². The summed E-state index contributed by atoms with van der Waals surface area (Å²) in [5.74, 6) is -3.38. The number of carbonyl (C=O) groups excluding carboxylic acids is 2. The number of aryl methyl sites for hydroxylation is 1. The molecule has 80 heavy (non-hydrogen) atoms. The number of azo groups is 2. The van der Waals surface area contributed by atoms with Crippen LogP contribution in [0.1, 0.15) is 21.5 Å². The molecule has 0 atom stereocenters. The number of nitrogens with zero attached hydrogens (tertiary/aromatic N) is 7. The molecule has 38 heteroatoms. The molecule has 1 heterocycles. The number of anilines is 2. The van der Waals surface area contributed by atoms with Crippen molar-refractivity contribution in [1.82, 2.24) is 4.98 Å². The van der Waals surface area contributed by atoms with E-state index in [0.29, 0.717) is 35.9 Å². The number of benzene rings is 5. The van der Waals surface area contributed by atoms with Crippen LogP contribution < -0.4 is 159 Å². The fraction of sp³-hybridized carbons (Fsp3) is 0.0238. The van der Waals surface area contributed by atoms with Gasteiger partial charge in [0.1, 0.15) is 84.2 Å². The van der Waals surface area contributed by atoms with E-state index in [1.807, 2.05) is 13.0 Å². The first-order chi connectivity index (χ1) is 34.9. The van der Waals surface area contributed by atoms with Crippen molar-refractivity contribution in [2.45, 2.75) is 26.5 Å². The molecule has 0 amide bonds. The Hall–Kier alpha value is -2.96. The van der Waals surface area contributed by atoms with Crippen LogP contribution in [0.2, 0.25) is 0 Å². The van der Waals surface area contributed by atoms with E-state index in [0.717, 1.165) is 70.1 Å². The molecule has 5 aromatic carbocycles. The number of carbonyl (C=O) groups is 2. The SMILES string of the molecule is Cc1ccc2nc(-c3ccc(NN=C4C=C(N=Nc5cc(S(=O)(=O)[O-])cc6c5C(=O)C(=NNc5ccc(N=Nc7ccc(S(=O)(=O)[O-])cc7)c(S(=O)(=O)[O-])c5)C(S(=O)(=O)[O-])=C6)C(O)=CC4=O)cc3S(=O)(=O)[O-])sc2c1.[Na+].[Na+].[Na+].[Na+].[Na+]. The van der Waals surface area contributed by atoms with E-state index in [9.17, 15) is 79.5 Å². The number of hydrazone groups is 2. The summed E-state index contributed by atoms with van der Waals surface area (Å²) in [7, 11) is -26.6. The number of Topliss-reactive ketones (excluding diaryl/α,β-unsaturated/α-hetero) is 1. The summed E-state index contributed by atoms with van der Waals surface area (Å²) >= 11 is 1.13. The maximum atomic E-state index is 14.1. The largest absolute Gasteiger partial charge is 1.00 e. The second-order valence-electron chi connectivity index (χ2n) is 15.4. The minimum atomic E-state index is -5.74. The summed E-state index contributed by atoms with van der Waals surface area (Å²) < 4.78 is 183. The molecule has 2 aliphatic carbocycles. The summed E-state index contributed by atoms with van der Waals surface area (Å²) in [6.07, 6.45) is 1.85. The molecule has 8 rings (SSSR count). The van der Waals surface area contributed by atoms with Crippen molar-refractivity contribution in [1.29, 1.82) is 0 Å². The summed E-state index contributed by atoms with van der Waals surface area (Å²) in [4.78, 5) is 26.6. The quantitative estimate of drug-likeness (QED) is 0.0300. The van der Waals surface area contributed by atoms with Crippen molar-refractivity contribution in [2.75, 3.05) is 10.9 Å². The van der Waals surface area contributed by atoms with Gasteiger partial charge in [-0.05, 0) is 109 Å². The number of nitrogens with one attached hydrogen (secondary N) is 2. The van der Waals surface area contributed by atoms with Crippen molar-refractivity contribution >= 4 is 130 Å². The average Bonchev–Trinajstić information content (AvgIpc) is 3.74. The number of allylic oxidation sites excluding steroid dienone is 3. The third-order valence-electron chi connectivity index (χ3n) is 10.2. The Morgan fingerprint density at radius 2 is 1.15 bits per heavy atom. The van der Waals surface area contributed by atoms with Gasteiger partial charge in [0.15, 0.2) is 0 Å². The molecule has 27 nitrogen and oxygen atoms in total. The van der Waals surface area contributed by atoms with E-state index in [4.69, 9.17) is 0 Å². The summed E-state index contributed by atoms with van der Waals surface area (Å²) in [5, 5.41) is 33.4. The second-order valence-corrected chi connectivity index (χ2v) is 23.2. The number of fused-ring (bicyclic) bond motifs is 2. The normalized spacial score (nSPS) is 14.9. The zero-order chi connectivity index (χ0) is 54.6. The summed E-state index contributed by atoms with van der Waals surface area (Å²) in [5.41, 5.74) is -0.0293. The minimum absolute atomic E-state index is 0. The maximum absolute atomic E-state index is 14.1. The third kappa shape index (κ3) is 16.9. The standard InChI is InChI=1S/C42H29N9O18S6.5Na/c1-20-2-10-28-35(12-20)70-42(43-28)27-9-5-23(15-36(27)73(61,62)63)45-48-30-18-31(34(53)19-33(30)52)49-50-32-17-26(72(58,59)60)13-21-14-38(75(67,68)69)40(41(54)39(21)32)51-46-24-6-11-29(37(16-24)74(64,65)66)47-44-22-3-7-25(8-4-22)71(55,56)57;;;;;/h2-19,45-46,53H,1H3,(H,55,56,57)(H,58,59,60)(H,61,62,63)(H,64,65,66)(H,67,68,69);;;;;/q;5*+1/p-5. The molecular weight excluding hydrogens is 1230 g/mol. The molecule has 3 N–H and O–H groups in total. The number of thiazole rings is 1. The smallest absolute Gasteiger partial charge is 0.744 e. The molecule has 0 spiro atoms. The van der Waals surface area contributed by atoms with Crippen molar-refractivity contribution in [2.24, 2.45) is 30.7 Å². The molecule has 1 aromatic heterocycles. The van der Waals surface area contributed by atoms with Crippen molar-refractivity contribution in [3.8, 4) is 10.6 Å². The molecule has 2 aliphatic rings. The number of aromatic nitrogens is 1. The number of aliphatic hydroxyl groups is 1. The van der Waals surface area contributed by atoms with Crippen molar-refractivity contribution in [3.63, 3.8) is 0 Å². The van der Waals surface area contributed by atoms with Gasteiger partial charge in [-0.2, -0.15) is 15.3 Å². The van der Waals surface area contributed by atoms with Gasteiger partial charge in [-0.3, -0.25) is 20.4 Å². The first-order valence-electron chi connectivity index (χ1n) is 20.1. The van der Waals surface area contributed by atoms with Gasteiger partial charge in [-0.25, -0.2) is 47.1 Å². The molecule has 6 aromatic rings. The van der Waals surface area contributed by atoms with Gasteiger partial charge in [-0.15, -0.1) is 26.7 Å². The van der Waals surface area contributed by atoms with Gasteiger partial charge in [-0.1, -0.05) is 6.07 Å². The van der Waals surface area contributed by atoms with Crippen LogP contribution in [0.25, 0.3) is 26.9 Å². The van der Waals surface area contributed by atoms with Crippen LogP contribution in [0.5, 0.6) is 0 Å². The Bertz CT molecular complexity index is 4350. The monoisotopic (exact) mass is 1250 g/mol. The first kappa shape index (κ1) is 71.3.